The number of nitrogens with one attached hydrogen (secondary N) is 2. The average Bonchev–Trinajstić information content (AvgIpc) is 2.69. The SMILES string of the molecule is NCC1(C(=O)N2CCC(NC(=O)Nc3ccccc3)CC2)CCOCC1. The number of hydrogen-bond acceptors (Lipinski definition) is 4. The van der Waals surface area contributed by atoms with Gasteiger partial charge in [-0.25, -0.2) is 4.79 Å². The Labute approximate surface area is 154 Å². The highest BCUT2D eigenvalue weighted by atomic mass is 16.5. The molecule has 2 aliphatic rings. The molecule has 142 valence electrons. The number of benzene rings is 1. The average molecular weight is 360 g/mol. The Hall–Kier alpha value is -2.12. The third kappa shape index (κ3) is 4.34. The van der Waals surface area contributed by atoms with Crippen molar-refractivity contribution in [3.63, 3.8) is 0 Å². The second-order valence-corrected chi connectivity index (χ2v) is 7.13. The quantitative estimate of drug-likeness (QED) is 0.759. The zero-order valence-corrected chi connectivity index (χ0v) is 15.1. The van der Waals surface area contributed by atoms with Crippen LogP contribution in [0.25, 0.3) is 0 Å². The molecule has 3 rings (SSSR count). The molecule has 1 aromatic carbocycles. The fourth-order valence-corrected chi connectivity index (χ4v) is 3.70. The van der Waals surface area contributed by atoms with Gasteiger partial charge in [-0.2, -0.15) is 0 Å². The van der Waals surface area contributed by atoms with Crippen LogP contribution in [0, 0.1) is 5.41 Å². The molecule has 2 saturated heterocycles. The third-order valence-corrected chi connectivity index (χ3v) is 5.44. The number of piperidine rings is 1. The summed E-state index contributed by atoms with van der Waals surface area (Å²) in [5.41, 5.74) is 6.24. The summed E-state index contributed by atoms with van der Waals surface area (Å²) in [5.74, 6) is 0.149. The fourth-order valence-electron chi connectivity index (χ4n) is 3.70. The van der Waals surface area contributed by atoms with Gasteiger partial charge in [0.25, 0.3) is 0 Å². The number of nitrogens with zero attached hydrogens (tertiary/aromatic N) is 1. The first kappa shape index (κ1) is 18.7. The number of carbonyl (C=O) groups is 2. The highest BCUT2D eigenvalue weighted by Crippen LogP contribution is 2.32. The van der Waals surface area contributed by atoms with Gasteiger partial charge in [0.05, 0.1) is 5.41 Å². The van der Waals surface area contributed by atoms with Crippen LogP contribution in [-0.2, 0) is 9.53 Å². The Morgan fingerprint density at radius 3 is 2.42 bits per heavy atom. The smallest absolute Gasteiger partial charge is 0.319 e. The van der Waals surface area contributed by atoms with Gasteiger partial charge < -0.3 is 26.0 Å². The third-order valence-electron chi connectivity index (χ3n) is 5.44. The Bertz CT molecular complexity index is 608. The van der Waals surface area contributed by atoms with Crippen molar-refractivity contribution in [3.8, 4) is 0 Å². The second kappa shape index (κ2) is 8.51. The van der Waals surface area contributed by atoms with Crippen molar-refractivity contribution in [2.24, 2.45) is 11.1 Å². The van der Waals surface area contributed by atoms with E-state index in [1.807, 2.05) is 35.2 Å². The van der Waals surface area contributed by atoms with Gasteiger partial charge in [0.2, 0.25) is 5.91 Å². The minimum absolute atomic E-state index is 0.0753. The van der Waals surface area contributed by atoms with Crippen molar-refractivity contribution >= 4 is 17.6 Å². The Morgan fingerprint density at radius 2 is 1.81 bits per heavy atom. The van der Waals surface area contributed by atoms with Crippen LogP contribution >= 0.6 is 0 Å². The summed E-state index contributed by atoms with van der Waals surface area (Å²) in [6, 6.07) is 9.23. The molecule has 2 heterocycles. The number of nitrogens with two attached hydrogens (primary N) is 1. The van der Waals surface area contributed by atoms with E-state index in [1.165, 1.54) is 0 Å². The molecule has 0 bridgehead atoms. The Balaban J connectivity index is 1.48. The van der Waals surface area contributed by atoms with Crippen LogP contribution in [0.5, 0.6) is 0 Å². The number of ether oxygens (including phenoxy) is 1. The van der Waals surface area contributed by atoms with E-state index < -0.39 is 5.41 Å². The van der Waals surface area contributed by atoms with E-state index >= 15 is 0 Å². The highest BCUT2D eigenvalue weighted by molar-refractivity contribution is 5.89. The molecular weight excluding hydrogens is 332 g/mol. The Kier molecular flexibility index (Phi) is 6.11. The first-order valence-electron chi connectivity index (χ1n) is 9.33. The molecule has 3 amide bonds. The molecule has 2 fully saturated rings. The zero-order valence-electron chi connectivity index (χ0n) is 15.1. The van der Waals surface area contributed by atoms with Crippen LogP contribution in [0.4, 0.5) is 10.5 Å². The van der Waals surface area contributed by atoms with Crippen molar-refractivity contribution in [1.29, 1.82) is 0 Å². The molecule has 0 aliphatic carbocycles. The first-order valence-corrected chi connectivity index (χ1v) is 9.33. The number of anilines is 1. The first-order chi connectivity index (χ1) is 12.6. The number of rotatable bonds is 4. The zero-order chi connectivity index (χ0) is 18.4. The van der Waals surface area contributed by atoms with Gasteiger partial charge >= 0.3 is 6.03 Å². The number of urea groups is 1. The summed E-state index contributed by atoms with van der Waals surface area (Å²) >= 11 is 0. The summed E-state index contributed by atoms with van der Waals surface area (Å²) in [4.78, 5) is 27.0. The molecule has 4 N–H and O–H groups in total. The standard InChI is InChI=1S/C19H28N4O3/c20-14-19(8-12-26-13-9-19)17(24)23-10-6-16(7-11-23)22-18(25)21-15-4-2-1-3-5-15/h1-5,16H,6-14,20H2,(H2,21,22,25). The minimum atomic E-state index is -0.469. The molecule has 0 atom stereocenters. The van der Waals surface area contributed by atoms with Crippen molar-refractivity contribution in [1.82, 2.24) is 10.2 Å². The summed E-state index contributed by atoms with van der Waals surface area (Å²) in [7, 11) is 0. The van der Waals surface area contributed by atoms with E-state index in [0.717, 1.165) is 18.5 Å². The summed E-state index contributed by atoms with van der Waals surface area (Å²) in [6.07, 6.45) is 2.90. The normalized spacial score (nSPS) is 20.4. The van der Waals surface area contributed by atoms with Crippen molar-refractivity contribution < 1.29 is 14.3 Å². The molecule has 7 nitrogen and oxygen atoms in total. The maximum atomic E-state index is 13.0. The predicted octanol–water partition coefficient (Wildman–Crippen LogP) is 1.55. The van der Waals surface area contributed by atoms with E-state index in [0.29, 0.717) is 45.7 Å². The van der Waals surface area contributed by atoms with Crippen LogP contribution in [0.2, 0.25) is 0 Å². The van der Waals surface area contributed by atoms with Crippen LogP contribution in [0.3, 0.4) is 0 Å². The van der Waals surface area contributed by atoms with Gasteiger partial charge in [-0.05, 0) is 37.8 Å². The number of hydrogen-bond donors (Lipinski definition) is 3. The lowest BCUT2D eigenvalue weighted by Gasteiger charge is -2.41. The second-order valence-electron chi connectivity index (χ2n) is 7.13. The van der Waals surface area contributed by atoms with E-state index in [2.05, 4.69) is 10.6 Å². The molecule has 26 heavy (non-hydrogen) atoms. The van der Waals surface area contributed by atoms with Crippen LogP contribution < -0.4 is 16.4 Å². The maximum Gasteiger partial charge on any atom is 0.319 e. The van der Waals surface area contributed by atoms with Gasteiger partial charge in [-0.3, -0.25) is 4.79 Å². The highest BCUT2D eigenvalue weighted by Gasteiger charge is 2.42. The number of likely N-dealkylation sites (tertiary alicyclic amines) is 1. The van der Waals surface area contributed by atoms with Crippen LogP contribution in [-0.4, -0.2) is 55.7 Å². The summed E-state index contributed by atoms with van der Waals surface area (Å²) in [5, 5.41) is 5.83. The molecule has 0 unspecified atom stereocenters. The lowest BCUT2D eigenvalue weighted by Crippen LogP contribution is -2.54. The van der Waals surface area contributed by atoms with Crippen molar-refractivity contribution in [2.45, 2.75) is 31.7 Å². The van der Waals surface area contributed by atoms with Crippen molar-refractivity contribution in [2.75, 3.05) is 38.2 Å². The van der Waals surface area contributed by atoms with Gasteiger partial charge in [-0.15, -0.1) is 0 Å². The summed E-state index contributed by atoms with van der Waals surface area (Å²) < 4.78 is 5.39. The number of carbonyl (C=O) groups excluding carboxylic acids is 2. The van der Waals surface area contributed by atoms with Crippen LogP contribution in [0.15, 0.2) is 30.3 Å². The fraction of sp³-hybridized carbons (Fsp3) is 0.579. The van der Waals surface area contributed by atoms with E-state index in [4.69, 9.17) is 10.5 Å². The lowest BCUT2D eigenvalue weighted by molar-refractivity contribution is -0.148. The molecule has 7 heteroatoms. The molecule has 0 saturated carbocycles. The number of amides is 3. The van der Waals surface area contributed by atoms with Crippen molar-refractivity contribution in [3.05, 3.63) is 30.3 Å². The maximum absolute atomic E-state index is 13.0. The van der Waals surface area contributed by atoms with Gasteiger partial charge in [0, 0.05) is 44.6 Å². The molecule has 1 aromatic rings. The largest absolute Gasteiger partial charge is 0.381 e. The van der Waals surface area contributed by atoms with Crippen LogP contribution in [0.1, 0.15) is 25.7 Å². The number of para-hydroxylation sites is 1. The van der Waals surface area contributed by atoms with Gasteiger partial charge in [0.15, 0.2) is 0 Å². The van der Waals surface area contributed by atoms with Gasteiger partial charge in [-0.1, -0.05) is 18.2 Å². The topological polar surface area (TPSA) is 96.7 Å². The molecule has 0 radical (unpaired) electrons. The summed E-state index contributed by atoms with van der Waals surface area (Å²) in [6.45, 7) is 2.86. The van der Waals surface area contributed by atoms with E-state index in [9.17, 15) is 9.59 Å². The molecule has 0 aromatic heterocycles. The minimum Gasteiger partial charge on any atom is -0.381 e. The molecule has 0 spiro atoms. The molecular formula is C19H28N4O3. The Morgan fingerprint density at radius 1 is 1.15 bits per heavy atom. The van der Waals surface area contributed by atoms with E-state index in [-0.39, 0.29) is 18.0 Å². The predicted molar refractivity (Wildman–Crippen MR) is 99.7 cm³/mol. The van der Waals surface area contributed by atoms with E-state index in [1.54, 1.807) is 0 Å². The lowest BCUT2D eigenvalue weighted by atomic mass is 9.78. The van der Waals surface area contributed by atoms with Gasteiger partial charge in [0.1, 0.15) is 0 Å². The molecule has 2 aliphatic heterocycles. The monoisotopic (exact) mass is 360 g/mol.